The van der Waals surface area contributed by atoms with E-state index in [2.05, 4.69) is 22.9 Å². The molecule has 0 saturated carbocycles. The molecule has 0 bridgehead atoms. The number of carbonyl (C=O) groups excluding carboxylic acids is 2. The Morgan fingerprint density at radius 2 is 1.84 bits per heavy atom. The van der Waals surface area contributed by atoms with E-state index in [-0.39, 0.29) is 30.0 Å². The highest BCUT2D eigenvalue weighted by Crippen LogP contribution is 2.26. The van der Waals surface area contributed by atoms with Gasteiger partial charge in [-0.2, -0.15) is 0 Å². The fourth-order valence-electron chi connectivity index (χ4n) is 3.55. The van der Waals surface area contributed by atoms with Crippen LogP contribution in [-0.4, -0.2) is 62.8 Å². The molecule has 0 unspecified atom stereocenters. The molecule has 3 amide bonds. The Labute approximate surface area is 189 Å². The molecule has 1 heterocycles. The number of nitrogens with zero attached hydrogens (tertiary/aromatic N) is 1. The number of anilines is 2. The van der Waals surface area contributed by atoms with E-state index in [4.69, 9.17) is 9.47 Å². The topological polar surface area (TPSA) is 91.9 Å². The van der Waals surface area contributed by atoms with Crippen molar-refractivity contribution >= 4 is 23.3 Å². The maximum absolute atomic E-state index is 13.2. The van der Waals surface area contributed by atoms with Gasteiger partial charge in [0.15, 0.2) is 0 Å². The van der Waals surface area contributed by atoms with Gasteiger partial charge in [-0.05, 0) is 37.1 Å². The first-order valence-corrected chi connectivity index (χ1v) is 10.8. The van der Waals surface area contributed by atoms with Crippen LogP contribution in [0.4, 0.5) is 16.2 Å². The normalized spacial score (nSPS) is 22.1. The Hall–Kier alpha value is -3.10. The first-order chi connectivity index (χ1) is 15.4. The van der Waals surface area contributed by atoms with Gasteiger partial charge in [-0.3, -0.25) is 4.79 Å². The maximum Gasteiger partial charge on any atom is 0.323 e. The molecule has 0 saturated heterocycles. The second-order valence-corrected chi connectivity index (χ2v) is 8.21. The molecule has 0 aromatic heterocycles. The van der Waals surface area contributed by atoms with Gasteiger partial charge in [0.2, 0.25) is 0 Å². The third-order valence-corrected chi connectivity index (χ3v) is 5.52. The smallest absolute Gasteiger partial charge is 0.323 e. The number of rotatable bonds is 3. The van der Waals surface area contributed by atoms with Crippen molar-refractivity contribution in [3.63, 3.8) is 0 Å². The molecule has 0 radical (unpaired) electrons. The number of likely N-dealkylation sites (N-methyl/N-ethyl adjacent to an activating group) is 1. The second kappa shape index (κ2) is 11.0. The van der Waals surface area contributed by atoms with Crippen LogP contribution in [-0.2, 0) is 4.74 Å². The minimum absolute atomic E-state index is 0.0769. The van der Waals surface area contributed by atoms with Crippen LogP contribution in [0.3, 0.4) is 0 Å². The van der Waals surface area contributed by atoms with E-state index in [9.17, 15) is 9.59 Å². The number of methoxy groups -OCH3 is 1. The summed E-state index contributed by atoms with van der Waals surface area (Å²) in [4.78, 5) is 27.2. The van der Waals surface area contributed by atoms with Gasteiger partial charge in [-0.1, -0.05) is 25.1 Å². The predicted octanol–water partition coefficient (Wildman–Crippen LogP) is 3.42. The Kier molecular flexibility index (Phi) is 8.08. The summed E-state index contributed by atoms with van der Waals surface area (Å²) in [6, 6.07) is 13.9. The quantitative estimate of drug-likeness (QED) is 0.680. The molecular weight excluding hydrogens is 408 g/mol. The molecule has 8 heteroatoms. The van der Waals surface area contributed by atoms with Gasteiger partial charge < -0.3 is 30.3 Å². The van der Waals surface area contributed by atoms with E-state index in [1.807, 2.05) is 25.1 Å². The molecule has 2 aromatic rings. The first-order valence-electron chi connectivity index (χ1n) is 10.8. The number of ether oxygens (including phenoxy) is 2. The Morgan fingerprint density at radius 3 is 2.56 bits per heavy atom. The van der Waals surface area contributed by atoms with Crippen molar-refractivity contribution in [3.05, 3.63) is 54.1 Å². The Balaban J connectivity index is 1.81. The highest BCUT2D eigenvalue weighted by Gasteiger charge is 2.25. The maximum atomic E-state index is 13.2. The third-order valence-electron chi connectivity index (χ3n) is 5.52. The van der Waals surface area contributed by atoms with Gasteiger partial charge >= 0.3 is 6.03 Å². The van der Waals surface area contributed by atoms with E-state index >= 15 is 0 Å². The standard InChI is InChI=1S/C24H32N4O4/c1-16-13-25-17(2)15-32-21-12-19(27-24(30)26-18-8-6-5-7-9-18)10-11-20(21)23(29)28(3)14-22(16)31-4/h5-12,16-17,22,25H,13-15H2,1-4H3,(H2,26,27,30)/t16-,17+,22-/m0/s1. The number of carbonyl (C=O) groups is 2. The van der Waals surface area contributed by atoms with Crippen molar-refractivity contribution in [2.75, 3.05) is 44.5 Å². The summed E-state index contributed by atoms with van der Waals surface area (Å²) < 4.78 is 11.6. The number of fused-ring (bicyclic) bond motifs is 1. The summed E-state index contributed by atoms with van der Waals surface area (Å²) in [6.45, 7) is 5.73. The lowest BCUT2D eigenvalue weighted by Crippen LogP contribution is -2.44. The fourth-order valence-corrected chi connectivity index (χ4v) is 3.55. The Bertz CT molecular complexity index is 921. The van der Waals surface area contributed by atoms with Gasteiger partial charge in [0.25, 0.3) is 5.91 Å². The highest BCUT2D eigenvalue weighted by atomic mass is 16.5. The zero-order chi connectivity index (χ0) is 23.1. The lowest BCUT2D eigenvalue weighted by atomic mass is 10.0. The number of urea groups is 1. The van der Waals surface area contributed by atoms with Gasteiger partial charge in [-0.25, -0.2) is 4.79 Å². The number of nitrogens with one attached hydrogen (secondary N) is 3. The molecule has 0 spiro atoms. The van der Waals surface area contributed by atoms with Crippen LogP contribution in [0.5, 0.6) is 5.75 Å². The zero-order valence-corrected chi connectivity index (χ0v) is 19.1. The lowest BCUT2D eigenvalue weighted by molar-refractivity contribution is 0.0281. The molecule has 3 atom stereocenters. The SMILES string of the molecule is CO[C@H]1CN(C)C(=O)c2ccc(NC(=O)Nc3ccccc3)cc2OC[C@@H](C)NC[C@@H]1C. The molecule has 0 aliphatic carbocycles. The van der Waals surface area contributed by atoms with Crippen molar-refractivity contribution in [2.45, 2.75) is 26.0 Å². The summed E-state index contributed by atoms with van der Waals surface area (Å²) in [5.74, 6) is 0.498. The molecular formula is C24H32N4O4. The highest BCUT2D eigenvalue weighted by molar-refractivity contribution is 6.01. The summed E-state index contributed by atoms with van der Waals surface area (Å²) in [5.41, 5.74) is 1.66. The van der Waals surface area contributed by atoms with E-state index in [0.717, 1.165) is 6.54 Å². The molecule has 1 aliphatic rings. The minimum atomic E-state index is -0.375. The number of amides is 3. The van der Waals surface area contributed by atoms with Crippen molar-refractivity contribution in [3.8, 4) is 5.75 Å². The van der Waals surface area contributed by atoms with Crippen LogP contribution in [0.1, 0.15) is 24.2 Å². The van der Waals surface area contributed by atoms with E-state index in [0.29, 0.717) is 35.8 Å². The molecule has 2 aromatic carbocycles. The number of para-hydroxylation sites is 1. The zero-order valence-electron chi connectivity index (χ0n) is 19.1. The van der Waals surface area contributed by atoms with E-state index in [1.54, 1.807) is 49.4 Å². The summed E-state index contributed by atoms with van der Waals surface area (Å²) >= 11 is 0. The van der Waals surface area contributed by atoms with Gasteiger partial charge in [0.1, 0.15) is 12.4 Å². The van der Waals surface area contributed by atoms with Crippen LogP contribution >= 0.6 is 0 Å². The molecule has 172 valence electrons. The number of hydrogen-bond donors (Lipinski definition) is 3. The van der Waals surface area contributed by atoms with Crippen LogP contribution < -0.4 is 20.7 Å². The van der Waals surface area contributed by atoms with E-state index < -0.39 is 0 Å². The third kappa shape index (κ3) is 6.21. The molecule has 1 aliphatic heterocycles. The fraction of sp³-hybridized carbons (Fsp3) is 0.417. The van der Waals surface area contributed by atoms with Gasteiger partial charge in [0, 0.05) is 50.7 Å². The van der Waals surface area contributed by atoms with E-state index in [1.165, 1.54) is 0 Å². The average molecular weight is 441 g/mol. The predicted molar refractivity (Wildman–Crippen MR) is 125 cm³/mol. The lowest BCUT2D eigenvalue weighted by Gasteiger charge is -2.30. The summed E-state index contributed by atoms with van der Waals surface area (Å²) in [6.07, 6.45) is -0.0879. The van der Waals surface area contributed by atoms with Crippen molar-refractivity contribution in [1.29, 1.82) is 0 Å². The molecule has 0 fully saturated rings. The molecule has 8 nitrogen and oxygen atoms in total. The number of hydrogen-bond acceptors (Lipinski definition) is 5. The average Bonchev–Trinajstić information content (AvgIpc) is 2.79. The number of benzene rings is 2. The molecule has 3 rings (SSSR count). The first kappa shape index (κ1) is 23.6. The van der Waals surface area contributed by atoms with Crippen molar-refractivity contribution < 1.29 is 19.1 Å². The van der Waals surface area contributed by atoms with Crippen LogP contribution in [0, 0.1) is 5.92 Å². The van der Waals surface area contributed by atoms with Crippen molar-refractivity contribution in [1.82, 2.24) is 10.2 Å². The largest absolute Gasteiger partial charge is 0.491 e. The summed E-state index contributed by atoms with van der Waals surface area (Å²) in [7, 11) is 3.43. The monoisotopic (exact) mass is 440 g/mol. The Morgan fingerprint density at radius 1 is 1.12 bits per heavy atom. The van der Waals surface area contributed by atoms with Gasteiger partial charge in [0.05, 0.1) is 11.7 Å². The van der Waals surface area contributed by atoms with Crippen LogP contribution in [0.2, 0.25) is 0 Å². The van der Waals surface area contributed by atoms with Crippen LogP contribution in [0.15, 0.2) is 48.5 Å². The van der Waals surface area contributed by atoms with Crippen molar-refractivity contribution in [2.24, 2.45) is 5.92 Å². The second-order valence-electron chi connectivity index (χ2n) is 8.21. The molecule has 3 N–H and O–H groups in total. The van der Waals surface area contributed by atoms with Crippen LogP contribution in [0.25, 0.3) is 0 Å². The minimum Gasteiger partial charge on any atom is -0.491 e. The van der Waals surface area contributed by atoms with Gasteiger partial charge in [-0.15, -0.1) is 0 Å². The molecule has 32 heavy (non-hydrogen) atoms. The summed E-state index contributed by atoms with van der Waals surface area (Å²) in [5, 5.41) is 9.03.